The molecule has 13 heavy (non-hydrogen) atoms. The van der Waals surface area contributed by atoms with Crippen LogP contribution in [0.25, 0.3) is 0 Å². The van der Waals surface area contributed by atoms with Crippen molar-refractivity contribution in [1.82, 2.24) is 10.2 Å². The molecule has 1 atom stereocenters. The van der Waals surface area contributed by atoms with Crippen LogP contribution in [-0.4, -0.2) is 51.8 Å². The van der Waals surface area contributed by atoms with Gasteiger partial charge < -0.3 is 15.0 Å². The maximum absolute atomic E-state index is 5.42. The Labute approximate surface area is 93.0 Å². The first kappa shape index (κ1) is 15.9. The third-order valence-corrected chi connectivity index (χ3v) is 1.83. The molecule has 0 aromatic heterocycles. The highest BCUT2D eigenvalue weighted by Gasteiger charge is 2.12. The molecule has 1 aliphatic heterocycles. The van der Waals surface area contributed by atoms with Crippen LogP contribution in [-0.2, 0) is 4.74 Å². The van der Waals surface area contributed by atoms with Gasteiger partial charge in [0, 0.05) is 25.6 Å². The molecule has 1 N–H and O–H groups in total. The van der Waals surface area contributed by atoms with Crippen molar-refractivity contribution in [3.05, 3.63) is 0 Å². The zero-order valence-electron chi connectivity index (χ0n) is 8.28. The van der Waals surface area contributed by atoms with Gasteiger partial charge in [0.05, 0.1) is 13.2 Å². The van der Waals surface area contributed by atoms with Crippen LogP contribution in [0.5, 0.6) is 0 Å². The van der Waals surface area contributed by atoms with E-state index >= 15 is 0 Å². The van der Waals surface area contributed by atoms with Gasteiger partial charge in [0.2, 0.25) is 0 Å². The Morgan fingerprint density at radius 1 is 1.38 bits per heavy atom. The summed E-state index contributed by atoms with van der Waals surface area (Å²) in [7, 11) is 4.20. The molecule has 5 heteroatoms. The Hall–Kier alpha value is 0.460. The quantitative estimate of drug-likeness (QED) is 0.754. The van der Waals surface area contributed by atoms with Crippen LogP contribution in [0, 0.1) is 5.92 Å². The van der Waals surface area contributed by atoms with Crippen molar-refractivity contribution in [1.29, 1.82) is 0 Å². The molecule has 1 saturated heterocycles. The van der Waals surface area contributed by atoms with Gasteiger partial charge in [0.25, 0.3) is 0 Å². The Bertz CT molecular complexity index is 106. The fourth-order valence-corrected chi connectivity index (χ4v) is 1.39. The predicted octanol–water partition coefficient (Wildman–Crippen LogP) is 0.628. The molecule has 0 radical (unpaired) electrons. The largest absolute Gasteiger partial charge is 0.380 e. The fourth-order valence-electron chi connectivity index (χ4n) is 1.39. The average molecular weight is 231 g/mol. The van der Waals surface area contributed by atoms with E-state index in [1.165, 1.54) is 0 Å². The summed E-state index contributed by atoms with van der Waals surface area (Å²) in [5, 5.41) is 3.35. The summed E-state index contributed by atoms with van der Waals surface area (Å²) in [6, 6.07) is 0. The minimum absolute atomic E-state index is 0. The van der Waals surface area contributed by atoms with Gasteiger partial charge >= 0.3 is 0 Å². The lowest BCUT2D eigenvalue weighted by atomic mass is 10.1. The minimum Gasteiger partial charge on any atom is -0.380 e. The van der Waals surface area contributed by atoms with Gasteiger partial charge in [0.1, 0.15) is 0 Å². The monoisotopic (exact) mass is 230 g/mol. The number of ether oxygens (including phenoxy) is 1. The third kappa shape index (κ3) is 7.52. The van der Waals surface area contributed by atoms with Crippen molar-refractivity contribution in [3.8, 4) is 0 Å². The molecule has 1 unspecified atom stereocenters. The molecule has 0 saturated carbocycles. The van der Waals surface area contributed by atoms with E-state index in [0.717, 1.165) is 32.8 Å². The van der Waals surface area contributed by atoms with Crippen molar-refractivity contribution < 1.29 is 4.74 Å². The molecule has 0 bridgehead atoms. The molecule has 0 aromatic carbocycles. The zero-order chi connectivity index (χ0) is 8.10. The molecule has 3 nitrogen and oxygen atoms in total. The molecule has 1 heterocycles. The normalized spacial score (nSPS) is 22.8. The second-order valence-electron chi connectivity index (χ2n) is 3.41. The standard InChI is InChI=1S/C8H18N2O.2ClH/c1-10(2)6-8-5-9-3-4-11-7-8;;/h8-9H,3-7H2,1-2H3;2*1H. The van der Waals surface area contributed by atoms with Crippen molar-refractivity contribution in [2.24, 2.45) is 5.92 Å². The molecule has 82 valence electrons. The molecule has 0 spiro atoms. The van der Waals surface area contributed by atoms with E-state index in [2.05, 4.69) is 24.3 Å². The highest BCUT2D eigenvalue weighted by atomic mass is 35.5. The first-order valence-electron chi connectivity index (χ1n) is 4.22. The molecule has 1 rings (SSSR count). The lowest BCUT2D eigenvalue weighted by molar-refractivity contribution is 0.113. The predicted molar refractivity (Wildman–Crippen MR) is 60.2 cm³/mol. The van der Waals surface area contributed by atoms with Gasteiger partial charge in [-0.1, -0.05) is 0 Å². The topological polar surface area (TPSA) is 24.5 Å². The number of hydrogen-bond acceptors (Lipinski definition) is 3. The third-order valence-electron chi connectivity index (χ3n) is 1.83. The smallest absolute Gasteiger partial charge is 0.0591 e. The summed E-state index contributed by atoms with van der Waals surface area (Å²) in [6.45, 7) is 4.99. The van der Waals surface area contributed by atoms with Crippen molar-refractivity contribution in [3.63, 3.8) is 0 Å². The second-order valence-corrected chi connectivity index (χ2v) is 3.41. The highest BCUT2D eigenvalue weighted by molar-refractivity contribution is 5.85. The molecule has 0 amide bonds. The molecular formula is C8H20Cl2N2O. The molecule has 0 aromatic rings. The van der Waals surface area contributed by atoms with E-state index in [1.807, 2.05) is 0 Å². The van der Waals surface area contributed by atoms with Gasteiger partial charge in [-0.05, 0) is 14.1 Å². The molecule has 1 fully saturated rings. The van der Waals surface area contributed by atoms with Gasteiger partial charge in [0.15, 0.2) is 0 Å². The summed E-state index contributed by atoms with van der Waals surface area (Å²) in [4.78, 5) is 2.21. The summed E-state index contributed by atoms with van der Waals surface area (Å²) < 4.78 is 5.42. The zero-order valence-corrected chi connectivity index (χ0v) is 9.92. The molecular weight excluding hydrogens is 211 g/mol. The number of rotatable bonds is 2. The van der Waals surface area contributed by atoms with E-state index in [-0.39, 0.29) is 24.8 Å². The number of halogens is 2. The summed E-state index contributed by atoms with van der Waals surface area (Å²) in [5.41, 5.74) is 0. The Kier molecular flexibility index (Phi) is 11.1. The Morgan fingerprint density at radius 3 is 2.69 bits per heavy atom. The van der Waals surface area contributed by atoms with E-state index in [4.69, 9.17) is 4.74 Å². The van der Waals surface area contributed by atoms with E-state index in [0.29, 0.717) is 5.92 Å². The highest BCUT2D eigenvalue weighted by Crippen LogP contribution is 2.00. The maximum Gasteiger partial charge on any atom is 0.0591 e. The second kappa shape index (κ2) is 9.03. The Balaban J connectivity index is 0. The first-order valence-corrected chi connectivity index (χ1v) is 4.22. The van der Waals surface area contributed by atoms with Crippen molar-refractivity contribution >= 4 is 24.8 Å². The van der Waals surface area contributed by atoms with E-state index < -0.39 is 0 Å². The molecule has 0 aliphatic carbocycles. The Morgan fingerprint density at radius 2 is 2.08 bits per heavy atom. The van der Waals surface area contributed by atoms with E-state index in [1.54, 1.807) is 0 Å². The average Bonchev–Trinajstić information content (AvgIpc) is 2.14. The van der Waals surface area contributed by atoms with Crippen LogP contribution < -0.4 is 5.32 Å². The first-order chi connectivity index (χ1) is 5.29. The van der Waals surface area contributed by atoms with Crippen LogP contribution >= 0.6 is 24.8 Å². The maximum atomic E-state index is 5.42. The summed E-state index contributed by atoms with van der Waals surface area (Å²) >= 11 is 0. The van der Waals surface area contributed by atoms with Crippen LogP contribution in [0.4, 0.5) is 0 Å². The number of nitrogens with zero attached hydrogens (tertiary/aromatic N) is 1. The lowest BCUT2D eigenvalue weighted by Crippen LogP contribution is -2.31. The van der Waals surface area contributed by atoms with Crippen LogP contribution in [0.15, 0.2) is 0 Å². The van der Waals surface area contributed by atoms with Gasteiger partial charge in [-0.3, -0.25) is 0 Å². The molecule has 1 aliphatic rings. The summed E-state index contributed by atoms with van der Waals surface area (Å²) in [6.07, 6.45) is 0. The number of hydrogen-bond donors (Lipinski definition) is 1. The van der Waals surface area contributed by atoms with Crippen molar-refractivity contribution in [2.45, 2.75) is 0 Å². The van der Waals surface area contributed by atoms with Gasteiger partial charge in [-0.15, -0.1) is 24.8 Å². The number of nitrogens with one attached hydrogen (secondary N) is 1. The summed E-state index contributed by atoms with van der Waals surface area (Å²) in [5.74, 6) is 0.660. The van der Waals surface area contributed by atoms with Gasteiger partial charge in [-0.25, -0.2) is 0 Å². The van der Waals surface area contributed by atoms with E-state index in [9.17, 15) is 0 Å². The SMILES string of the molecule is CN(C)CC1CNCCOC1.Cl.Cl. The van der Waals surface area contributed by atoms with Crippen LogP contribution in [0.3, 0.4) is 0 Å². The minimum atomic E-state index is 0. The lowest BCUT2D eigenvalue weighted by Gasteiger charge is -2.18. The van der Waals surface area contributed by atoms with Crippen LogP contribution in [0.1, 0.15) is 0 Å². The van der Waals surface area contributed by atoms with Crippen LogP contribution in [0.2, 0.25) is 0 Å². The van der Waals surface area contributed by atoms with Crippen molar-refractivity contribution in [2.75, 3.05) is 46.9 Å². The fraction of sp³-hybridized carbons (Fsp3) is 1.00. The van der Waals surface area contributed by atoms with Gasteiger partial charge in [-0.2, -0.15) is 0 Å².